The van der Waals surface area contributed by atoms with Crippen LogP contribution >= 0.6 is 0 Å². The molecule has 0 aliphatic heterocycles. The summed E-state index contributed by atoms with van der Waals surface area (Å²) in [4.78, 5) is 12.4. The van der Waals surface area contributed by atoms with Gasteiger partial charge in [-0.05, 0) is 32.0 Å². The van der Waals surface area contributed by atoms with Crippen LogP contribution in [0.25, 0.3) is 11.0 Å². The van der Waals surface area contributed by atoms with Gasteiger partial charge in [0.05, 0.1) is 24.2 Å². The first-order valence-corrected chi connectivity index (χ1v) is 10.3. The van der Waals surface area contributed by atoms with E-state index in [0.717, 1.165) is 16.9 Å². The molecule has 0 saturated heterocycles. The second-order valence-corrected chi connectivity index (χ2v) is 6.63. The predicted octanol–water partition coefficient (Wildman–Crippen LogP) is 3.86. The highest BCUT2D eigenvalue weighted by atomic mass is 19.3. The van der Waals surface area contributed by atoms with E-state index in [1.807, 2.05) is 31.2 Å². The molecule has 0 amide bonds. The van der Waals surface area contributed by atoms with Crippen LogP contribution in [0.15, 0.2) is 47.5 Å². The number of benzene rings is 2. The fraction of sp³-hybridized carbons (Fsp3) is 0.364. The second kappa shape index (κ2) is 11.1. The summed E-state index contributed by atoms with van der Waals surface area (Å²) in [7, 11) is 0. The molecule has 0 aliphatic rings. The van der Waals surface area contributed by atoms with Gasteiger partial charge < -0.3 is 25.1 Å². The quantitative estimate of drug-likeness (QED) is 0.335. The topological polar surface area (TPSA) is 83.6 Å². The Balaban J connectivity index is 1.66. The van der Waals surface area contributed by atoms with Gasteiger partial charge in [0.2, 0.25) is 0 Å². The van der Waals surface area contributed by atoms with Crippen LogP contribution in [0.4, 0.5) is 8.78 Å². The standard InChI is InChI=1S/C22H27F2N5O2/c1-3-25-22(26-13-12-19-28-16-9-5-6-10-17(16)29-19)27-14-15-8-7-11-18(30-4-2)20(15)31-21(23)24/h5-11,21H,3-4,12-14H2,1-2H3,(H,28,29)(H2,25,26,27). The molecule has 0 aliphatic carbocycles. The minimum Gasteiger partial charge on any atom is -0.490 e. The molecule has 0 fully saturated rings. The van der Waals surface area contributed by atoms with Crippen LogP contribution in [0.5, 0.6) is 11.5 Å². The number of rotatable bonds is 10. The molecule has 166 valence electrons. The van der Waals surface area contributed by atoms with Crippen molar-refractivity contribution in [2.24, 2.45) is 4.99 Å². The molecule has 3 rings (SSSR count). The molecular formula is C22H27F2N5O2. The van der Waals surface area contributed by atoms with Gasteiger partial charge in [0.1, 0.15) is 5.82 Å². The van der Waals surface area contributed by atoms with Crippen molar-refractivity contribution >= 4 is 17.0 Å². The van der Waals surface area contributed by atoms with Gasteiger partial charge in [-0.3, -0.25) is 0 Å². The normalized spacial score (nSPS) is 11.7. The van der Waals surface area contributed by atoms with E-state index in [4.69, 9.17) is 9.47 Å². The Hall–Kier alpha value is -3.36. The van der Waals surface area contributed by atoms with Crippen LogP contribution in [0.1, 0.15) is 25.2 Å². The lowest BCUT2D eigenvalue weighted by atomic mass is 10.2. The first-order valence-electron chi connectivity index (χ1n) is 10.3. The number of nitrogens with zero attached hydrogens (tertiary/aromatic N) is 2. The molecular weight excluding hydrogens is 404 g/mol. The number of hydrogen-bond acceptors (Lipinski definition) is 4. The van der Waals surface area contributed by atoms with Crippen molar-refractivity contribution in [3.63, 3.8) is 0 Å². The number of para-hydroxylation sites is 3. The van der Waals surface area contributed by atoms with E-state index >= 15 is 0 Å². The molecule has 0 radical (unpaired) electrons. The summed E-state index contributed by atoms with van der Waals surface area (Å²) in [6.45, 7) is 2.56. The smallest absolute Gasteiger partial charge is 0.387 e. The minimum absolute atomic E-state index is 0.0150. The number of fused-ring (bicyclic) bond motifs is 1. The van der Waals surface area contributed by atoms with E-state index in [-0.39, 0.29) is 18.0 Å². The number of ether oxygens (including phenoxy) is 2. The van der Waals surface area contributed by atoms with E-state index in [0.29, 0.717) is 37.6 Å². The SMILES string of the molecule is CCNC(=NCc1cccc(OCC)c1OC(F)F)NCCc1nc2ccccc2[nH]1. The third-order valence-corrected chi connectivity index (χ3v) is 4.41. The molecule has 9 heteroatoms. The minimum atomic E-state index is -2.94. The van der Waals surface area contributed by atoms with E-state index in [1.54, 1.807) is 25.1 Å². The molecule has 0 spiro atoms. The van der Waals surface area contributed by atoms with Crippen molar-refractivity contribution in [3.05, 3.63) is 53.9 Å². The highest BCUT2D eigenvalue weighted by molar-refractivity contribution is 5.80. The largest absolute Gasteiger partial charge is 0.490 e. The highest BCUT2D eigenvalue weighted by Gasteiger charge is 2.15. The maximum atomic E-state index is 12.9. The molecule has 0 atom stereocenters. The fourth-order valence-corrected chi connectivity index (χ4v) is 3.11. The number of nitrogens with one attached hydrogen (secondary N) is 3. The van der Waals surface area contributed by atoms with Crippen molar-refractivity contribution in [1.82, 2.24) is 20.6 Å². The maximum absolute atomic E-state index is 12.9. The summed E-state index contributed by atoms with van der Waals surface area (Å²) < 4.78 is 35.9. The van der Waals surface area contributed by atoms with Crippen molar-refractivity contribution in [1.29, 1.82) is 0 Å². The summed E-state index contributed by atoms with van der Waals surface area (Å²) in [5.41, 5.74) is 2.44. The maximum Gasteiger partial charge on any atom is 0.387 e. The first-order chi connectivity index (χ1) is 15.1. The number of alkyl halides is 2. The predicted molar refractivity (Wildman–Crippen MR) is 117 cm³/mol. The van der Waals surface area contributed by atoms with Crippen molar-refractivity contribution in [2.45, 2.75) is 33.4 Å². The summed E-state index contributed by atoms with van der Waals surface area (Å²) in [5, 5.41) is 6.40. The summed E-state index contributed by atoms with van der Waals surface area (Å²) in [6.07, 6.45) is 0.679. The Labute approximate surface area is 179 Å². The lowest BCUT2D eigenvalue weighted by Crippen LogP contribution is -2.38. The highest BCUT2D eigenvalue weighted by Crippen LogP contribution is 2.33. The lowest BCUT2D eigenvalue weighted by Gasteiger charge is -2.15. The zero-order valence-corrected chi connectivity index (χ0v) is 17.6. The number of aromatic nitrogens is 2. The van der Waals surface area contributed by atoms with Gasteiger partial charge in [-0.25, -0.2) is 9.98 Å². The van der Waals surface area contributed by atoms with Gasteiger partial charge in [0.15, 0.2) is 17.5 Å². The molecule has 7 nitrogen and oxygen atoms in total. The summed E-state index contributed by atoms with van der Waals surface area (Å²) >= 11 is 0. The third-order valence-electron chi connectivity index (χ3n) is 4.41. The zero-order valence-electron chi connectivity index (χ0n) is 17.6. The van der Waals surface area contributed by atoms with Crippen LogP contribution in [-0.4, -0.2) is 42.2 Å². The number of hydrogen-bond donors (Lipinski definition) is 3. The van der Waals surface area contributed by atoms with Gasteiger partial charge >= 0.3 is 6.61 Å². The molecule has 31 heavy (non-hydrogen) atoms. The monoisotopic (exact) mass is 431 g/mol. The molecule has 1 aromatic heterocycles. The third kappa shape index (κ3) is 6.31. The molecule has 1 heterocycles. The second-order valence-electron chi connectivity index (χ2n) is 6.63. The lowest BCUT2D eigenvalue weighted by molar-refractivity contribution is -0.0520. The van der Waals surface area contributed by atoms with Crippen molar-refractivity contribution < 1.29 is 18.3 Å². The number of aromatic amines is 1. The van der Waals surface area contributed by atoms with Gasteiger partial charge in [-0.1, -0.05) is 24.3 Å². The van der Waals surface area contributed by atoms with E-state index in [9.17, 15) is 8.78 Å². The van der Waals surface area contributed by atoms with E-state index < -0.39 is 6.61 Å². The summed E-state index contributed by atoms with van der Waals surface area (Å²) in [5.74, 6) is 1.74. The van der Waals surface area contributed by atoms with Crippen molar-refractivity contribution in [2.75, 3.05) is 19.7 Å². The molecule has 2 aromatic carbocycles. The Morgan fingerprint density at radius 3 is 2.71 bits per heavy atom. The number of guanidine groups is 1. The van der Waals surface area contributed by atoms with Gasteiger partial charge in [-0.15, -0.1) is 0 Å². The Morgan fingerprint density at radius 1 is 1.13 bits per heavy atom. The first kappa shape index (κ1) is 22.3. The average molecular weight is 431 g/mol. The van der Waals surface area contributed by atoms with E-state index in [1.165, 1.54) is 0 Å². The average Bonchev–Trinajstić information content (AvgIpc) is 3.16. The van der Waals surface area contributed by atoms with Crippen LogP contribution < -0.4 is 20.1 Å². The van der Waals surface area contributed by atoms with Gasteiger partial charge in [0.25, 0.3) is 0 Å². The van der Waals surface area contributed by atoms with Gasteiger partial charge in [-0.2, -0.15) is 8.78 Å². The van der Waals surface area contributed by atoms with Crippen LogP contribution in [0.3, 0.4) is 0 Å². The molecule has 3 N–H and O–H groups in total. The molecule has 3 aromatic rings. The molecule has 0 unspecified atom stereocenters. The number of halogens is 2. The van der Waals surface area contributed by atoms with E-state index in [2.05, 4.69) is 25.6 Å². The van der Waals surface area contributed by atoms with Crippen LogP contribution in [0, 0.1) is 0 Å². The fourth-order valence-electron chi connectivity index (χ4n) is 3.11. The number of H-pyrrole nitrogens is 1. The number of aliphatic imine (C=N–C) groups is 1. The summed E-state index contributed by atoms with van der Waals surface area (Å²) in [6, 6.07) is 12.9. The van der Waals surface area contributed by atoms with Crippen molar-refractivity contribution in [3.8, 4) is 11.5 Å². The Morgan fingerprint density at radius 2 is 1.97 bits per heavy atom. The van der Waals surface area contributed by atoms with Gasteiger partial charge in [0, 0.05) is 25.1 Å². The van der Waals surface area contributed by atoms with Crippen LogP contribution in [-0.2, 0) is 13.0 Å². The number of imidazole rings is 1. The Kier molecular flexibility index (Phi) is 8.03. The zero-order chi connectivity index (χ0) is 22.1. The molecule has 0 saturated carbocycles. The van der Waals surface area contributed by atoms with Crippen LogP contribution in [0.2, 0.25) is 0 Å². The Bertz CT molecular complexity index is 973. The molecule has 0 bridgehead atoms.